The summed E-state index contributed by atoms with van der Waals surface area (Å²) >= 11 is 0. The summed E-state index contributed by atoms with van der Waals surface area (Å²) in [5, 5.41) is 11.9. The number of aromatic nitrogens is 2. The lowest BCUT2D eigenvalue weighted by Crippen LogP contribution is -2.11. The van der Waals surface area contributed by atoms with Crippen molar-refractivity contribution in [2.75, 3.05) is 11.1 Å². The maximum Gasteiger partial charge on any atom is 0.341 e. The Morgan fingerprint density at radius 2 is 1.94 bits per heavy atom. The third kappa shape index (κ3) is 2.37. The van der Waals surface area contributed by atoms with E-state index in [0.29, 0.717) is 5.69 Å². The first-order chi connectivity index (χ1) is 8.58. The molecule has 0 saturated heterocycles. The van der Waals surface area contributed by atoms with E-state index in [1.807, 2.05) is 30.3 Å². The summed E-state index contributed by atoms with van der Waals surface area (Å²) in [5.41, 5.74) is 6.68. The van der Waals surface area contributed by atoms with Gasteiger partial charge in [0.15, 0.2) is 0 Å². The molecule has 0 fully saturated rings. The minimum absolute atomic E-state index is 0.0477. The van der Waals surface area contributed by atoms with Gasteiger partial charge in [-0.2, -0.15) is 4.98 Å². The van der Waals surface area contributed by atoms with Crippen molar-refractivity contribution in [2.24, 2.45) is 0 Å². The van der Waals surface area contributed by atoms with Crippen molar-refractivity contribution in [3.05, 3.63) is 41.6 Å². The Labute approximate surface area is 104 Å². The molecule has 0 aliphatic heterocycles. The molecule has 2 aromatic rings. The first kappa shape index (κ1) is 11.8. The molecule has 1 aromatic heterocycles. The number of hydrogen-bond acceptors (Lipinski definition) is 5. The van der Waals surface area contributed by atoms with E-state index in [2.05, 4.69) is 15.3 Å². The van der Waals surface area contributed by atoms with Gasteiger partial charge >= 0.3 is 5.97 Å². The number of hydrogen-bond donors (Lipinski definition) is 3. The highest BCUT2D eigenvalue weighted by atomic mass is 16.4. The third-order valence-corrected chi connectivity index (χ3v) is 2.36. The number of carboxylic acids is 1. The molecule has 0 aliphatic carbocycles. The van der Waals surface area contributed by atoms with E-state index in [9.17, 15) is 4.79 Å². The summed E-state index contributed by atoms with van der Waals surface area (Å²) in [6, 6.07) is 9.31. The molecule has 0 spiro atoms. The number of rotatable bonds is 3. The summed E-state index contributed by atoms with van der Waals surface area (Å²) < 4.78 is 0. The van der Waals surface area contributed by atoms with Crippen LogP contribution in [-0.2, 0) is 0 Å². The van der Waals surface area contributed by atoms with Crippen molar-refractivity contribution in [2.45, 2.75) is 6.92 Å². The summed E-state index contributed by atoms with van der Waals surface area (Å²) in [5.74, 6) is -0.897. The smallest absolute Gasteiger partial charge is 0.341 e. The Hall–Kier alpha value is -2.63. The van der Waals surface area contributed by atoms with Gasteiger partial charge in [0.25, 0.3) is 0 Å². The lowest BCUT2D eigenvalue weighted by Gasteiger charge is -2.08. The van der Waals surface area contributed by atoms with Gasteiger partial charge in [-0.3, -0.25) is 0 Å². The molecule has 0 bridgehead atoms. The number of benzene rings is 1. The predicted octanol–water partition coefficient (Wildman–Crippen LogP) is 1.81. The highest BCUT2D eigenvalue weighted by Gasteiger charge is 2.15. The molecule has 2 rings (SSSR count). The Bertz CT molecular complexity index is 561. The van der Waals surface area contributed by atoms with Crippen LogP contribution in [0.15, 0.2) is 30.3 Å². The zero-order chi connectivity index (χ0) is 13.1. The van der Waals surface area contributed by atoms with Crippen LogP contribution in [0.4, 0.5) is 17.5 Å². The Balaban J connectivity index is 2.34. The number of carbonyl (C=O) groups is 1. The minimum Gasteiger partial charge on any atom is -0.477 e. The number of aromatic carboxylic acids is 1. The number of aryl methyl sites for hydroxylation is 1. The Morgan fingerprint density at radius 1 is 1.28 bits per heavy atom. The van der Waals surface area contributed by atoms with Crippen LogP contribution < -0.4 is 11.1 Å². The first-order valence-electron chi connectivity index (χ1n) is 5.27. The van der Waals surface area contributed by atoms with Gasteiger partial charge in [-0.1, -0.05) is 18.2 Å². The molecule has 0 saturated carbocycles. The van der Waals surface area contributed by atoms with Crippen LogP contribution in [0.3, 0.4) is 0 Å². The van der Waals surface area contributed by atoms with E-state index in [1.54, 1.807) is 6.92 Å². The fourth-order valence-electron chi connectivity index (χ4n) is 1.57. The molecule has 1 aromatic carbocycles. The molecule has 4 N–H and O–H groups in total. The molecule has 92 valence electrons. The molecule has 0 amide bonds. The summed E-state index contributed by atoms with van der Waals surface area (Å²) in [6.45, 7) is 1.58. The van der Waals surface area contributed by atoms with Crippen LogP contribution in [0.1, 0.15) is 16.1 Å². The quantitative estimate of drug-likeness (QED) is 0.761. The molecule has 0 atom stereocenters. The number of nitrogens with two attached hydrogens (primary N) is 1. The van der Waals surface area contributed by atoms with Crippen LogP contribution in [0.25, 0.3) is 0 Å². The predicted molar refractivity (Wildman–Crippen MR) is 67.9 cm³/mol. The summed E-state index contributed by atoms with van der Waals surface area (Å²) in [4.78, 5) is 18.9. The van der Waals surface area contributed by atoms with Gasteiger partial charge in [-0.05, 0) is 19.1 Å². The average Bonchev–Trinajstić information content (AvgIpc) is 2.28. The number of para-hydroxylation sites is 1. The van der Waals surface area contributed by atoms with Crippen LogP contribution in [0.2, 0.25) is 0 Å². The van der Waals surface area contributed by atoms with Crippen molar-refractivity contribution in [3.63, 3.8) is 0 Å². The number of carboxylic acid groups (broad SMARTS) is 1. The van der Waals surface area contributed by atoms with E-state index < -0.39 is 5.97 Å². The van der Waals surface area contributed by atoms with Crippen molar-refractivity contribution >= 4 is 23.4 Å². The van der Waals surface area contributed by atoms with Crippen LogP contribution in [0.5, 0.6) is 0 Å². The molecule has 6 heteroatoms. The van der Waals surface area contributed by atoms with E-state index in [1.165, 1.54) is 0 Å². The van der Waals surface area contributed by atoms with E-state index in [0.717, 1.165) is 5.69 Å². The van der Waals surface area contributed by atoms with Crippen molar-refractivity contribution < 1.29 is 9.90 Å². The number of anilines is 3. The van der Waals surface area contributed by atoms with Gasteiger partial charge in [0.1, 0.15) is 11.4 Å². The van der Waals surface area contributed by atoms with E-state index >= 15 is 0 Å². The molecule has 0 radical (unpaired) electrons. The molecule has 0 unspecified atom stereocenters. The number of nitrogen functional groups attached to an aromatic ring is 1. The SMILES string of the molecule is Cc1nc(Nc2ccccc2)nc(N)c1C(=O)O. The van der Waals surface area contributed by atoms with Crippen molar-refractivity contribution in [1.82, 2.24) is 9.97 Å². The molecule has 0 aliphatic rings. The Morgan fingerprint density at radius 3 is 2.50 bits per heavy atom. The normalized spacial score (nSPS) is 10.1. The summed E-state index contributed by atoms with van der Waals surface area (Å²) in [6.07, 6.45) is 0. The topological polar surface area (TPSA) is 101 Å². The van der Waals surface area contributed by atoms with Gasteiger partial charge < -0.3 is 16.2 Å². The van der Waals surface area contributed by atoms with E-state index in [4.69, 9.17) is 10.8 Å². The van der Waals surface area contributed by atoms with Gasteiger partial charge in [0, 0.05) is 5.69 Å². The summed E-state index contributed by atoms with van der Waals surface area (Å²) in [7, 11) is 0. The maximum atomic E-state index is 10.9. The fourth-order valence-corrected chi connectivity index (χ4v) is 1.57. The third-order valence-electron chi connectivity index (χ3n) is 2.36. The van der Waals surface area contributed by atoms with Gasteiger partial charge in [0.2, 0.25) is 5.95 Å². The van der Waals surface area contributed by atoms with Gasteiger partial charge in [-0.15, -0.1) is 0 Å². The number of nitrogens with one attached hydrogen (secondary N) is 1. The van der Waals surface area contributed by atoms with Crippen LogP contribution in [0, 0.1) is 6.92 Å². The highest BCUT2D eigenvalue weighted by Crippen LogP contribution is 2.18. The molecule has 1 heterocycles. The van der Waals surface area contributed by atoms with Crippen LogP contribution in [-0.4, -0.2) is 21.0 Å². The Kier molecular flexibility index (Phi) is 3.09. The molecule has 18 heavy (non-hydrogen) atoms. The highest BCUT2D eigenvalue weighted by molar-refractivity contribution is 5.94. The lowest BCUT2D eigenvalue weighted by molar-refractivity contribution is 0.0696. The number of nitrogens with zero attached hydrogens (tertiary/aromatic N) is 2. The zero-order valence-corrected chi connectivity index (χ0v) is 9.71. The fraction of sp³-hybridized carbons (Fsp3) is 0.0833. The molecule has 6 nitrogen and oxygen atoms in total. The largest absolute Gasteiger partial charge is 0.477 e. The van der Waals surface area contributed by atoms with Gasteiger partial charge in [-0.25, -0.2) is 9.78 Å². The molecular formula is C12H12N4O2. The first-order valence-corrected chi connectivity index (χ1v) is 5.27. The average molecular weight is 244 g/mol. The second-order valence-corrected chi connectivity index (χ2v) is 3.69. The minimum atomic E-state index is -1.13. The maximum absolute atomic E-state index is 10.9. The van der Waals surface area contributed by atoms with Crippen molar-refractivity contribution in [1.29, 1.82) is 0 Å². The zero-order valence-electron chi connectivity index (χ0n) is 9.71. The van der Waals surface area contributed by atoms with Crippen molar-refractivity contribution in [3.8, 4) is 0 Å². The monoisotopic (exact) mass is 244 g/mol. The lowest BCUT2D eigenvalue weighted by atomic mass is 10.2. The standard InChI is InChI=1S/C12H12N4O2/c1-7-9(11(17)18)10(13)16-12(14-7)15-8-5-3-2-4-6-8/h2-6H,1H3,(H,17,18)(H3,13,14,15,16). The second-order valence-electron chi connectivity index (χ2n) is 3.69. The van der Waals surface area contributed by atoms with Gasteiger partial charge in [0.05, 0.1) is 5.69 Å². The molecular weight excluding hydrogens is 232 g/mol. The second kappa shape index (κ2) is 4.70. The van der Waals surface area contributed by atoms with Crippen LogP contribution >= 0.6 is 0 Å². The van der Waals surface area contributed by atoms with E-state index in [-0.39, 0.29) is 17.3 Å².